The molecular formula is C18H16Cl2N2O2S. The molecule has 0 spiro atoms. The van der Waals surface area contributed by atoms with Crippen LogP contribution in [0.5, 0.6) is 5.75 Å². The van der Waals surface area contributed by atoms with Crippen molar-refractivity contribution in [2.45, 2.75) is 5.75 Å². The van der Waals surface area contributed by atoms with E-state index < -0.39 is 0 Å². The SMILES string of the molecule is O=C(COc1ccccc1)N1CCN=C1SCc1ccc(Cl)c(Cl)c1. The van der Waals surface area contributed by atoms with Gasteiger partial charge in [0.1, 0.15) is 5.75 Å². The van der Waals surface area contributed by atoms with Gasteiger partial charge in [-0.3, -0.25) is 14.7 Å². The smallest absolute Gasteiger partial charge is 0.266 e. The number of aliphatic imine (C=N–C) groups is 1. The second-order valence-corrected chi connectivity index (χ2v) is 7.11. The van der Waals surface area contributed by atoms with Crippen molar-refractivity contribution < 1.29 is 9.53 Å². The summed E-state index contributed by atoms with van der Waals surface area (Å²) in [6.45, 7) is 1.19. The molecule has 0 fully saturated rings. The van der Waals surface area contributed by atoms with E-state index in [0.717, 1.165) is 5.56 Å². The number of carbonyl (C=O) groups is 1. The number of para-hydroxylation sites is 1. The van der Waals surface area contributed by atoms with Crippen molar-refractivity contribution in [3.63, 3.8) is 0 Å². The van der Waals surface area contributed by atoms with Gasteiger partial charge < -0.3 is 4.74 Å². The third-order valence-electron chi connectivity index (χ3n) is 3.56. The van der Waals surface area contributed by atoms with Gasteiger partial charge in [-0.25, -0.2) is 0 Å². The first-order valence-electron chi connectivity index (χ1n) is 7.73. The molecule has 0 aromatic heterocycles. The predicted molar refractivity (Wildman–Crippen MR) is 104 cm³/mol. The summed E-state index contributed by atoms with van der Waals surface area (Å²) >= 11 is 13.5. The van der Waals surface area contributed by atoms with Gasteiger partial charge in [0.15, 0.2) is 11.8 Å². The number of ether oxygens (including phenoxy) is 1. The number of amidine groups is 1. The van der Waals surface area contributed by atoms with Crippen molar-refractivity contribution >= 4 is 46.0 Å². The van der Waals surface area contributed by atoms with E-state index in [9.17, 15) is 4.79 Å². The second kappa shape index (κ2) is 8.61. The van der Waals surface area contributed by atoms with Crippen LogP contribution in [0.3, 0.4) is 0 Å². The minimum atomic E-state index is -0.0956. The fourth-order valence-electron chi connectivity index (χ4n) is 2.30. The molecule has 25 heavy (non-hydrogen) atoms. The monoisotopic (exact) mass is 394 g/mol. The molecule has 7 heteroatoms. The fraction of sp³-hybridized carbons (Fsp3) is 0.222. The molecule has 1 aliphatic rings. The predicted octanol–water partition coefficient (Wildman–Crippen LogP) is 4.50. The molecule has 0 N–H and O–H groups in total. The summed E-state index contributed by atoms with van der Waals surface area (Å²) in [7, 11) is 0. The van der Waals surface area contributed by atoms with Crippen LogP contribution in [0.1, 0.15) is 5.56 Å². The molecule has 0 bridgehead atoms. The van der Waals surface area contributed by atoms with Crippen LogP contribution in [0.4, 0.5) is 0 Å². The van der Waals surface area contributed by atoms with Gasteiger partial charge in [-0.1, -0.05) is 59.2 Å². The molecule has 1 aliphatic heterocycles. The molecule has 0 atom stereocenters. The molecular weight excluding hydrogens is 379 g/mol. The summed E-state index contributed by atoms with van der Waals surface area (Å²) in [5, 5.41) is 1.77. The lowest BCUT2D eigenvalue weighted by Gasteiger charge is -2.18. The lowest BCUT2D eigenvalue weighted by atomic mass is 10.2. The standard InChI is InChI=1S/C18H16Cl2N2O2S/c19-15-7-6-13(10-16(15)20)12-25-18-21-8-9-22(18)17(23)11-24-14-4-2-1-3-5-14/h1-7,10H,8-9,11-12H2. The van der Waals surface area contributed by atoms with E-state index in [-0.39, 0.29) is 12.5 Å². The second-order valence-electron chi connectivity index (χ2n) is 5.35. The molecule has 130 valence electrons. The molecule has 2 aromatic carbocycles. The van der Waals surface area contributed by atoms with Crippen LogP contribution in [0.15, 0.2) is 53.5 Å². The quantitative estimate of drug-likeness (QED) is 0.749. The van der Waals surface area contributed by atoms with E-state index in [1.54, 1.807) is 11.0 Å². The Bertz CT molecular complexity index is 784. The van der Waals surface area contributed by atoms with Gasteiger partial charge in [0, 0.05) is 12.3 Å². The highest BCUT2D eigenvalue weighted by Gasteiger charge is 2.24. The lowest BCUT2D eigenvalue weighted by Crippen LogP contribution is -2.36. The minimum absolute atomic E-state index is 0.00360. The summed E-state index contributed by atoms with van der Waals surface area (Å²) in [4.78, 5) is 18.5. The van der Waals surface area contributed by atoms with Gasteiger partial charge in [0.05, 0.1) is 16.6 Å². The van der Waals surface area contributed by atoms with Crippen LogP contribution in [0.2, 0.25) is 10.0 Å². The number of benzene rings is 2. The third kappa shape index (κ3) is 4.91. The van der Waals surface area contributed by atoms with Gasteiger partial charge in [-0.05, 0) is 29.8 Å². The van der Waals surface area contributed by atoms with Crippen LogP contribution >= 0.6 is 35.0 Å². The van der Waals surface area contributed by atoms with E-state index in [4.69, 9.17) is 27.9 Å². The van der Waals surface area contributed by atoms with Crippen molar-refractivity contribution in [2.75, 3.05) is 19.7 Å². The highest BCUT2D eigenvalue weighted by atomic mass is 35.5. The van der Waals surface area contributed by atoms with E-state index >= 15 is 0 Å². The Morgan fingerprint density at radius 3 is 2.72 bits per heavy atom. The zero-order valence-corrected chi connectivity index (χ0v) is 15.7. The first kappa shape index (κ1) is 18.1. The van der Waals surface area contributed by atoms with Gasteiger partial charge in [0.2, 0.25) is 0 Å². The number of halogens is 2. The summed E-state index contributed by atoms with van der Waals surface area (Å²) in [6, 6.07) is 14.8. The number of amides is 1. The number of hydrogen-bond acceptors (Lipinski definition) is 4. The van der Waals surface area contributed by atoms with Crippen molar-refractivity contribution in [2.24, 2.45) is 4.99 Å². The summed E-state index contributed by atoms with van der Waals surface area (Å²) in [5.41, 5.74) is 1.03. The molecule has 1 heterocycles. The van der Waals surface area contributed by atoms with Crippen molar-refractivity contribution in [1.82, 2.24) is 4.90 Å². The highest BCUT2D eigenvalue weighted by Crippen LogP contribution is 2.26. The van der Waals surface area contributed by atoms with Crippen LogP contribution in [-0.4, -0.2) is 35.7 Å². The van der Waals surface area contributed by atoms with Crippen molar-refractivity contribution in [3.8, 4) is 5.75 Å². The van der Waals surface area contributed by atoms with Crippen molar-refractivity contribution in [1.29, 1.82) is 0 Å². The summed E-state index contributed by atoms with van der Waals surface area (Å²) in [5.74, 6) is 1.25. The maximum atomic E-state index is 12.4. The number of thioether (sulfide) groups is 1. The molecule has 4 nitrogen and oxygen atoms in total. The topological polar surface area (TPSA) is 41.9 Å². The van der Waals surface area contributed by atoms with Crippen LogP contribution in [-0.2, 0) is 10.5 Å². The number of rotatable bonds is 5. The minimum Gasteiger partial charge on any atom is -0.484 e. The first-order valence-corrected chi connectivity index (χ1v) is 9.47. The third-order valence-corrected chi connectivity index (χ3v) is 5.38. The average molecular weight is 395 g/mol. The molecule has 0 unspecified atom stereocenters. The number of nitrogens with zero attached hydrogens (tertiary/aromatic N) is 2. The fourth-order valence-corrected chi connectivity index (χ4v) is 3.63. The average Bonchev–Trinajstić information content (AvgIpc) is 3.10. The Kier molecular flexibility index (Phi) is 6.24. The zero-order valence-electron chi connectivity index (χ0n) is 13.3. The van der Waals surface area contributed by atoms with Gasteiger partial charge in [0.25, 0.3) is 5.91 Å². The van der Waals surface area contributed by atoms with E-state index in [1.165, 1.54) is 11.8 Å². The normalized spacial score (nSPS) is 13.7. The van der Waals surface area contributed by atoms with Gasteiger partial charge in [-0.15, -0.1) is 0 Å². The zero-order chi connectivity index (χ0) is 17.6. The Morgan fingerprint density at radius 2 is 1.96 bits per heavy atom. The maximum Gasteiger partial charge on any atom is 0.266 e. The molecule has 0 aliphatic carbocycles. The largest absolute Gasteiger partial charge is 0.484 e. The Hall–Kier alpha value is -1.69. The molecule has 0 saturated carbocycles. The van der Waals surface area contributed by atoms with E-state index in [0.29, 0.717) is 39.8 Å². The Labute approximate surface area is 160 Å². The van der Waals surface area contributed by atoms with Crippen LogP contribution in [0, 0.1) is 0 Å². The Morgan fingerprint density at radius 1 is 1.16 bits per heavy atom. The molecule has 1 amide bonds. The lowest BCUT2D eigenvalue weighted by molar-refractivity contribution is -0.128. The molecule has 2 aromatic rings. The van der Waals surface area contributed by atoms with Crippen LogP contribution in [0.25, 0.3) is 0 Å². The number of hydrogen-bond donors (Lipinski definition) is 0. The van der Waals surface area contributed by atoms with Crippen LogP contribution < -0.4 is 4.74 Å². The van der Waals surface area contributed by atoms with Gasteiger partial charge >= 0.3 is 0 Å². The van der Waals surface area contributed by atoms with Crippen molar-refractivity contribution in [3.05, 3.63) is 64.1 Å². The first-order chi connectivity index (χ1) is 12.1. The summed E-state index contributed by atoms with van der Waals surface area (Å²) < 4.78 is 5.53. The molecule has 0 radical (unpaired) electrons. The molecule has 3 rings (SSSR count). The summed E-state index contributed by atoms with van der Waals surface area (Å²) in [6.07, 6.45) is 0. The van der Waals surface area contributed by atoms with E-state index in [2.05, 4.69) is 4.99 Å². The Balaban J connectivity index is 1.54. The molecule has 0 saturated heterocycles. The highest BCUT2D eigenvalue weighted by molar-refractivity contribution is 8.13. The van der Waals surface area contributed by atoms with E-state index in [1.807, 2.05) is 42.5 Å². The van der Waals surface area contributed by atoms with Gasteiger partial charge in [-0.2, -0.15) is 0 Å². The maximum absolute atomic E-state index is 12.4. The number of carbonyl (C=O) groups excluding carboxylic acids is 1.